The van der Waals surface area contributed by atoms with Crippen LogP contribution < -0.4 is 5.73 Å². The Morgan fingerprint density at radius 3 is 2.50 bits per heavy atom. The number of benzene rings is 1. The Kier molecular flexibility index (Phi) is 4.99. The van der Waals surface area contributed by atoms with Gasteiger partial charge in [-0.3, -0.25) is 5.41 Å². The van der Waals surface area contributed by atoms with Gasteiger partial charge in [0.15, 0.2) is 0 Å². The third kappa shape index (κ3) is 3.21. The van der Waals surface area contributed by atoms with Crippen molar-refractivity contribution in [2.75, 3.05) is 0 Å². The van der Waals surface area contributed by atoms with Crippen LogP contribution in [0, 0.1) is 26.2 Å². The van der Waals surface area contributed by atoms with E-state index in [-0.39, 0.29) is 18.4 Å². The van der Waals surface area contributed by atoms with Crippen molar-refractivity contribution in [1.29, 1.82) is 5.41 Å². The van der Waals surface area contributed by atoms with Crippen LogP contribution >= 0.6 is 12.4 Å². The summed E-state index contributed by atoms with van der Waals surface area (Å²) in [6.07, 6.45) is 0. The lowest BCUT2D eigenvalue weighted by molar-refractivity contribution is 0.863. The third-order valence-electron chi connectivity index (χ3n) is 2.75. The summed E-state index contributed by atoms with van der Waals surface area (Å²) in [7, 11) is 0. The number of rotatable bonds is 2. The van der Waals surface area contributed by atoms with Crippen LogP contribution in [0.15, 0.2) is 34.5 Å². The van der Waals surface area contributed by atoms with Crippen molar-refractivity contribution in [2.24, 2.45) is 16.0 Å². The van der Waals surface area contributed by atoms with Gasteiger partial charge >= 0.3 is 0 Å². The van der Waals surface area contributed by atoms with Gasteiger partial charge < -0.3 is 5.73 Å². The lowest BCUT2D eigenvalue weighted by atomic mass is 10.2. The third-order valence-corrected chi connectivity index (χ3v) is 2.75. The summed E-state index contributed by atoms with van der Waals surface area (Å²) in [6, 6.07) is 7.77. The van der Waals surface area contributed by atoms with Gasteiger partial charge in [0, 0.05) is 0 Å². The van der Waals surface area contributed by atoms with Gasteiger partial charge in [-0.2, -0.15) is 10.2 Å². The Morgan fingerprint density at radius 1 is 1.25 bits per heavy atom. The second-order valence-corrected chi connectivity index (χ2v) is 4.36. The van der Waals surface area contributed by atoms with Crippen LogP contribution in [-0.2, 0) is 0 Å². The number of aromatic nitrogens is 2. The van der Waals surface area contributed by atoms with Gasteiger partial charge in [0.1, 0.15) is 5.69 Å². The van der Waals surface area contributed by atoms with E-state index in [2.05, 4.69) is 15.3 Å². The van der Waals surface area contributed by atoms with E-state index in [1.807, 2.05) is 45.0 Å². The molecule has 3 N–H and O–H groups in total. The number of azo groups is 1. The monoisotopic (exact) mass is 292 g/mol. The van der Waals surface area contributed by atoms with Crippen molar-refractivity contribution in [3.8, 4) is 0 Å². The molecule has 0 bridgehead atoms. The highest BCUT2D eigenvalue weighted by molar-refractivity contribution is 5.85. The SMILES string of the molecule is Cc1cccc(N=Nc2c(C)nn(C(=N)N)c2C)c1.Cl. The van der Waals surface area contributed by atoms with Crippen molar-refractivity contribution < 1.29 is 0 Å². The van der Waals surface area contributed by atoms with E-state index in [0.717, 1.165) is 11.3 Å². The van der Waals surface area contributed by atoms with Gasteiger partial charge in [-0.05, 0) is 38.5 Å². The maximum atomic E-state index is 7.42. The summed E-state index contributed by atoms with van der Waals surface area (Å²) >= 11 is 0. The van der Waals surface area contributed by atoms with Crippen LogP contribution in [-0.4, -0.2) is 15.7 Å². The number of nitrogen functional groups attached to an aromatic ring is 1. The molecule has 0 aliphatic rings. The van der Waals surface area contributed by atoms with Gasteiger partial charge in [-0.25, -0.2) is 4.68 Å². The Labute approximate surface area is 123 Å². The molecule has 0 fully saturated rings. The summed E-state index contributed by atoms with van der Waals surface area (Å²) in [5, 5.41) is 20.0. The first-order valence-electron chi connectivity index (χ1n) is 5.88. The lowest BCUT2D eigenvalue weighted by Gasteiger charge is -1.99. The van der Waals surface area contributed by atoms with Crippen molar-refractivity contribution >= 4 is 29.7 Å². The molecule has 0 unspecified atom stereocenters. The fourth-order valence-electron chi connectivity index (χ4n) is 1.81. The number of halogens is 1. The van der Waals surface area contributed by atoms with Crippen LogP contribution in [0.25, 0.3) is 0 Å². The van der Waals surface area contributed by atoms with Crippen molar-refractivity contribution in [2.45, 2.75) is 20.8 Å². The van der Waals surface area contributed by atoms with E-state index in [1.165, 1.54) is 4.68 Å². The molecule has 6 nitrogen and oxygen atoms in total. The maximum Gasteiger partial charge on any atom is 0.213 e. The Bertz CT molecular complexity index is 659. The summed E-state index contributed by atoms with van der Waals surface area (Å²) in [5.41, 5.74) is 9.41. The van der Waals surface area contributed by atoms with Gasteiger partial charge in [0.2, 0.25) is 5.96 Å². The van der Waals surface area contributed by atoms with Gasteiger partial charge in [0.25, 0.3) is 0 Å². The number of nitrogens with one attached hydrogen (secondary N) is 1. The quantitative estimate of drug-likeness (QED) is 0.504. The number of nitrogens with two attached hydrogens (primary N) is 1. The molecule has 1 aromatic carbocycles. The molecule has 0 radical (unpaired) electrons. The average Bonchev–Trinajstić information content (AvgIpc) is 2.63. The first-order chi connectivity index (χ1) is 8.99. The molecule has 1 aromatic heterocycles. The second kappa shape index (κ2) is 6.29. The van der Waals surface area contributed by atoms with Gasteiger partial charge in [-0.1, -0.05) is 12.1 Å². The molecule has 2 aromatic rings. The zero-order chi connectivity index (χ0) is 14.0. The predicted octanol–water partition coefficient (Wildman–Crippen LogP) is 3.39. The van der Waals surface area contributed by atoms with E-state index in [1.54, 1.807) is 0 Å². The number of hydrogen-bond donors (Lipinski definition) is 2. The lowest BCUT2D eigenvalue weighted by Crippen LogP contribution is -2.22. The zero-order valence-corrected chi connectivity index (χ0v) is 12.4. The maximum absolute atomic E-state index is 7.42. The minimum atomic E-state index is -0.127. The number of hydrogen-bond acceptors (Lipinski definition) is 4. The molecule has 106 valence electrons. The van der Waals surface area contributed by atoms with E-state index in [0.29, 0.717) is 17.1 Å². The Hall–Kier alpha value is -2.21. The number of nitrogens with zero attached hydrogens (tertiary/aromatic N) is 4. The molecule has 2 rings (SSSR count). The van der Waals surface area contributed by atoms with E-state index in [9.17, 15) is 0 Å². The van der Waals surface area contributed by atoms with Crippen molar-refractivity contribution in [3.05, 3.63) is 41.2 Å². The van der Waals surface area contributed by atoms with Crippen LogP contribution in [0.3, 0.4) is 0 Å². The highest BCUT2D eigenvalue weighted by atomic mass is 35.5. The summed E-state index contributed by atoms with van der Waals surface area (Å²) < 4.78 is 1.35. The largest absolute Gasteiger partial charge is 0.368 e. The van der Waals surface area contributed by atoms with Crippen molar-refractivity contribution in [3.63, 3.8) is 0 Å². The van der Waals surface area contributed by atoms with Crippen LogP contribution in [0.1, 0.15) is 17.0 Å². The van der Waals surface area contributed by atoms with Gasteiger partial charge in [0.05, 0.1) is 17.1 Å². The average molecular weight is 293 g/mol. The molecule has 0 spiro atoms. The first kappa shape index (κ1) is 15.8. The minimum Gasteiger partial charge on any atom is -0.368 e. The molecule has 1 heterocycles. The summed E-state index contributed by atoms with van der Waals surface area (Å²) in [4.78, 5) is 0. The highest BCUT2D eigenvalue weighted by Gasteiger charge is 2.12. The smallest absolute Gasteiger partial charge is 0.213 e. The summed E-state index contributed by atoms with van der Waals surface area (Å²) in [5.74, 6) is -0.127. The van der Waals surface area contributed by atoms with E-state index >= 15 is 0 Å². The molecule has 20 heavy (non-hydrogen) atoms. The van der Waals surface area contributed by atoms with Crippen LogP contribution in [0.2, 0.25) is 0 Å². The standard InChI is InChI=1S/C13H16N6.ClH/c1-8-5-4-6-11(7-8)16-17-12-9(2)18-19(10(12)3)13(14)15;/h4-7H,1-3H3,(H3,14,15);1H. The van der Waals surface area contributed by atoms with Gasteiger partial charge in [-0.15, -0.1) is 17.5 Å². The minimum absolute atomic E-state index is 0. The number of aryl methyl sites for hydroxylation is 2. The summed E-state index contributed by atoms with van der Waals surface area (Å²) in [6.45, 7) is 5.63. The molecule has 0 aliphatic carbocycles. The fourth-order valence-corrected chi connectivity index (χ4v) is 1.81. The zero-order valence-electron chi connectivity index (χ0n) is 11.6. The van der Waals surface area contributed by atoms with Crippen LogP contribution in [0.5, 0.6) is 0 Å². The molecule has 0 amide bonds. The van der Waals surface area contributed by atoms with E-state index in [4.69, 9.17) is 11.1 Å². The molecule has 0 atom stereocenters. The van der Waals surface area contributed by atoms with Crippen molar-refractivity contribution in [1.82, 2.24) is 9.78 Å². The van der Waals surface area contributed by atoms with E-state index < -0.39 is 0 Å². The molecular formula is C13H17ClN6. The molecule has 0 saturated carbocycles. The van der Waals surface area contributed by atoms with Crippen LogP contribution in [0.4, 0.5) is 11.4 Å². The molecular weight excluding hydrogens is 276 g/mol. The second-order valence-electron chi connectivity index (χ2n) is 4.36. The molecule has 7 heteroatoms. The fraction of sp³-hybridized carbons (Fsp3) is 0.231. The topological polar surface area (TPSA) is 92.4 Å². The predicted molar refractivity (Wildman–Crippen MR) is 81.6 cm³/mol. The molecule has 0 saturated heterocycles. The Balaban J connectivity index is 0.00000200. The Morgan fingerprint density at radius 2 is 1.95 bits per heavy atom. The first-order valence-corrected chi connectivity index (χ1v) is 5.88. The highest BCUT2D eigenvalue weighted by Crippen LogP contribution is 2.25. The molecule has 0 aliphatic heterocycles. The normalized spacial score (nSPS) is 10.6.